The summed E-state index contributed by atoms with van der Waals surface area (Å²) < 4.78 is 5.15. The lowest BCUT2D eigenvalue weighted by atomic mass is 10.1. The summed E-state index contributed by atoms with van der Waals surface area (Å²) in [6.45, 7) is 2.77. The van der Waals surface area contributed by atoms with E-state index in [2.05, 4.69) is 19.9 Å². The van der Waals surface area contributed by atoms with Crippen LogP contribution in [-0.2, 0) is 11.2 Å². The fraction of sp³-hybridized carbons (Fsp3) is 0.316. The molecule has 0 saturated carbocycles. The van der Waals surface area contributed by atoms with E-state index < -0.39 is 0 Å². The average Bonchev–Trinajstić information content (AvgIpc) is 3.11. The number of piperazine rings is 1. The summed E-state index contributed by atoms with van der Waals surface area (Å²) in [5, 5.41) is 1.12. The zero-order chi connectivity index (χ0) is 17.9. The Balaban J connectivity index is 1.39. The Hall–Kier alpha value is -3.09. The number of anilines is 1. The molecular formula is C19H21N5O2. The number of nitrogens with one attached hydrogen (secondary N) is 1. The van der Waals surface area contributed by atoms with E-state index in [9.17, 15) is 4.79 Å². The Morgan fingerprint density at radius 3 is 2.81 bits per heavy atom. The maximum atomic E-state index is 12.7. The summed E-state index contributed by atoms with van der Waals surface area (Å²) in [4.78, 5) is 28.6. The number of amides is 1. The summed E-state index contributed by atoms with van der Waals surface area (Å²) in [6.07, 6.45) is 4.04. The minimum absolute atomic E-state index is 0.154. The second-order valence-corrected chi connectivity index (χ2v) is 6.30. The third-order valence-corrected chi connectivity index (χ3v) is 4.76. The van der Waals surface area contributed by atoms with Crippen LogP contribution in [0, 0.1) is 0 Å². The molecule has 2 aromatic heterocycles. The highest BCUT2D eigenvalue weighted by atomic mass is 16.5. The van der Waals surface area contributed by atoms with Gasteiger partial charge in [-0.3, -0.25) is 4.79 Å². The van der Waals surface area contributed by atoms with Crippen molar-refractivity contribution in [1.29, 1.82) is 0 Å². The first-order valence-electron chi connectivity index (χ1n) is 8.69. The van der Waals surface area contributed by atoms with Gasteiger partial charge >= 0.3 is 0 Å². The van der Waals surface area contributed by atoms with Crippen LogP contribution in [0.2, 0.25) is 0 Å². The molecule has 1 aliphatic heterocycles. The second kappa shape index (κ2) is 7.03. The number of ether oxygens (including phenoxy) is 1. The predicted octanol–water partition coefficient (Wildman–Crippen LogP) is 1.86. The molecule has 3 heterocycles. The highest BCUT2D eigenvalue weighted by Gasteiger charge is 2.23. The molecule has 0 atom stereocenters. The molecule has 3 aromatic rings. The van der Waals surface area contributed by atoms with E-state index in [4.69, 9.17) is 4.74 Å². The van der Waals surface area contributed by atoms with Crippen LogP contribution in [0.3, 0.4) is 0 Å². The van der Waals surface area contributed by atoms with E-state index in [0.717, 1.165) is 16.5 Å². The van der Waals surface area contributed by atoms with Crippen molar-refractivity contribution in [2.45, 2.75) is 6.42 Å². The molecule has 1 fully saturated rings. The molecule has 1 amide bonds. The molecule has 26 heavy (non-hydrogen) atoms. The van der Waals surface area contributed by atoms with Crippen molar-refractivity contribution < 1.29 is 9.53 Å². The van der Waals surface area contributed by atoms with E-state index in [1.165, 1.54) is 0 Å². The number of para-hydroxylation sites is 1. The lowest BCUT2D eigenvalue weighted by Gasteiger charge is -2.34. The molecule has 0 radical (unpaired) electrons. The van der Waals surface area contributed by atoms with Crippen molar-refractivity contribution >= 4 is 22.8 Å². The molecule has 1 N–H and O–H groups in total. The maximum Gasteiger partial charge on any atom is 0.228 e. The summed E-state index contributed by atoms with van der Waals surface area (Å²) in [6, 6.07) is 9.79. The molecule has 4 rings (SSSR count). The Bertz CT molecular complexity index is 915. The molecule has 1 aliphatic rings. The first-order valence-corrected chi connectivity index (χ1v) is 8.69. The zero-order valence-electron chi connectivity index (χ0n) is 14.7. The van der Waals surface area contributed by atoms with Crippen molar-refractivity contribution in [3.63, 3.8) is 0 Å². The molecule has 7 heteroatoms. The summed E-state index contributed by atoms with van der Waals surface area (Å²) >= 11 is 0. The van der Waals surface area contributed by atoms with E-state index in [1.54, 1.807) is 19.4 Å². The lowest BCUT2D eigenvalue weighted by molar-refractivity contribution is -0.130. The van der Waals surface area contributed by atoms with Gasteiger partial charge in [0.25, 0.3) is 0 Å². The van der Waals surface area contributed by atoms with Gasteiger partial charge in [-0.25, -0.2) is 4.98 Å². The number of aromatic nitrogens is 3. The Morgan fingerprint density at radius 2 is 2.00 bits per heavy atom. The van der Waals surface area contributed by atoms with Crippen molar-refractivity contribution in [2.24, 2.45) is 0 Å². The first-order chi connectivity index (χ1) is 12.7. The van der Waals surface area contributed by atoms with Crippen LogP contribution < -0.4 is 9.64 Å². The molecule has 0 spiro atoms. The van der Waals surface area contributed by atoms with Crippen LogP contribution in [0.4, 0.5) is 5.95 Å². The van der Waals surface area contributed by atoms with Crippen LogP contribution in [0.5, 0.6) is 5.88 Å². The summed E-state index contributed by atoms with van der Waals surface area (Å²) in [7, 11) is 1.59. The zero-order valence-corrected chi connectivity index (χ0v) is 14.7. The minimum atomic E-state index is 0.154. The fourth-order valence-electron chi connectivity index (χ4n) is 3.31. The van der Waals surface area contributed by atoms with Crippen molar-refractivity contribution in [2.75, 3.05) is 38.2 Å². The topological polar surface area (TPSA) is 74.3 Å². The number of fused-ring (bicyclic) bond motifs is 1. The molecule has 0 unspecified atom stereocenters. The number of aromatic amines is 1. The number of rotatable bonds is 4. The van der Waals surface area contributed by atoms with E-state index in [1.807, 2.05) is 35.4 Å². The Labute approximate surface area is 151 Å². The number of hydrogen-bond acceptors (Lipinski definition) is 5. The van der Waals surface area contributed by atoms with Gasteiger partial charge in [-0.1, -0.05) is 18.2 Å². The van der Waals surface area contributed by atoms with Crippen molar-refractivity contribution in [3.8, 4) is 5.88 Å². The largest absolute Gasteiger partial charge is 0.481 e. The normalized spacial score (nSPS) is 14.7. The fourth-order valence-corrected chi connectivity index (χ4v) is 3.31. The Kier molecular flexibility index (Phi) is 4.43. The molecule has 134 valence electrons. The van der Waals surface area contributed by atoms with Gasteiger partial charge in [-0.2, -0.15) is 4.98 Å². The van der Waals surface area contributed by atoms with Crippen LogP contribution >= 0.6 is 0 Å². The first kappa shape index (κ1) is 16.4. The van der Waals surface area contributed by atoms with Gasteiger partial charge in [0, 0.05) is 55.5 Å². The van der Waals surface area contributed by atoms with Gasteiger partial charge in [0.05, 0.1) is 13.5 Å². The number of carbonyl (C=O) groups is 1. The van der Waals surface area contributed by atoms with Gasteiger partial charge in [0.1, 0.15) is 0 Å². The number of hydrogen-bond donors (Lipinski definition) is 1. The molecule has 0 bridgehead atoms. The molecule has 7 nitrogen and oxygen atoms in total. The number of H-pyrrole nitrogens is 1. The van der Waals surface area contributed by atoms with Gasteiger partial charge in [-0.15, -0.1) is 0 Å². The smallest absolute Gasteiger partial charge is 0.228 e. The van der Waals surface area contributed by atoms with Crippen molar-refractivity contribution in [3.05, 3.63) is 48.3 Å². The van der Waals surface area contributed by atoms with Crippen LogP contribution in [0.1, 0.15) is 5.56 Å². The van der Waals surface area contributed by atoms with Gasteiger partial charge in [-0.05, 0) is 11.6 Å². The average molecular weight is 351 g/mol. The third kappa shape index (κ3) is 3.20. The van der Waals surface area contributed by atoms with Crippen LogP contribution in [-0.4, -0.2) is 59.0 Å². The third-order valence-electron chi connectivity index (χ3n) is 4.76. The monoisotopic (exact) mass is 351 g/mol. The molecule has 0 aliphatic carbocycles. The second-order valence-electron chi connectivity index (χ2n) is 6.30. The van der Waals surface area contributed by atoms with Gasteiger partial charge in [0.15, 0.2) is 0 Å². The van der Waals surface area contributed by atoms with Crippen molar-refractivity contribution in [1.82, 2.24) is 19.9 Å². The van der Waals surface area contributed by atoms with E-state index >= 15 is 0 Å². The highest BCUT2D eigenvalue weighted by molar-refractivity contribution is 5.89. The summed E-state index contributed by atoms with van der Waals surface area (Å²) in [5.41, 5.74) is 2.11. The molecule has 1 aromatic carbocycles. The highest BCUT2D eigenvalue weighted by Crippen LogP contribution is 2.20. The van der Waals surface area contributed by atoms with E-state index in [-0.39, 0.29) is 5.91 Å². The number of benzene rings is 1. The SMILES string of the molecule is COc1ccnc(N2CCN(C(=O)Cc3c[nH]c4ccccc34)CC2)n1. The van der Waals surface area contributed by atoms with E-state index in [0.29, 0.717) is 44.4 Å². The summed E-state index contributed by atoms with van der Waals surface area (Å²) in [5.74, 6) is 1.35. The lowest BCUT2D eigenvalue weighted by Crippen LogP contribution is -2.49. The number of methoxy groups -OCH3 is 1. The van der Waals surface area contributed by atoms with Crippen LogP contribution in [0.15, 0.2) is 42.7 Å². The Morgan fingerprint density at radius 1 is 1.19 bits per heavy atom. The number of nitrogens with zero attached hydrogens (tertiary/aromatic N) is 4. The van der Waals surface area contributed by atoms with Crippen LogP contribution in [0.25, 0.3) is 10.9 Å². The predicted molar refractivity (Wildman–Crippen MR) is 99.4 cm³/mol. The minimum Gasteiger partial charge on any atom is -0.481 e. The van der Waals surface area contributed by atoms with Gasteiger partial charge < -0.3 is 19.5 Å². The number of carbonyl (C=O) groups excluding carboxylic acids is 1. The van der Waals surface area contributed by atoms with Gasteiger partial charge in [0.2, 0.25) is 17.7 Å². The standard InChI is InChI=1S/C19H21N5O2/c1-26-17-6-7-20-19(22-17)24-10-8-23(9-11-24)18(25)12-14-13-21-16-5-3-2-4-15(14)16/h2-7,13,21H,8-12H2,1H3. The quantitative estimate of drug-likeness (QED) is 0.777. The maximum absolute atomic E-state index is 12.7. The molecule has 1 saturated heterocycles. The molecular weight excluding hydrogens is 330 g/mol.